The van der Waals surface area contributed by atoms with Crippen molar-refractivity contribution < 1.29 is 4.74 Å². The van der Waals surface area contributed by atoms with E-state index in [2.05, 4.69) is 39.9 Å². The number of hydrogen-bond acceptors (Lipinski definition) is 2. The van der Waals surface area contributed by atoms with Crippen LogP contribution in [0.2, 0.25) is 0 Å². The zero-order valence-electron chi connectivity index (χ0n) is 14.3. The number of ether oxygens (including phenoxy) is 1. The van der Waals surface area contributed by atoms with Gasteiger partial charge in [0.1, 0.15) is 0 Å². The quantitative estimate of drug-likeness (QED) is 0.825. The van der Waals surface area contributed by atoms with Crippen LogP contribution in [0.5, 0.6) is 0 Å². The Balaban J connectivity index is 1.86. The molecule has 2 fully saturated rings. The lowest BCUT2D eigenvalue weighted by Gasteiger charge is -2.42. The maximum absolute atomic E-state index is 6.19. The van der Waals surface area contributed by atoms with Crippen molar-refractivity contribution >= 4 is 0 Å². The molecule has 2 aliphatic rings. The molecule has 1 saturated carbocycles. The molecule has 0 aromatic rings. The second kappa shape index (κ2) is 6.36. The van der Waals surface area contributed by atoms with Crippen molar-refractivity contribution in [3.8, 4) is 0 Å². The van der Waals surface area contributed by atoms with Gasteiger partial charge in [-0.05, 0) is 70.8 Å². The van der Waals surface area contributed by atoms with E-state index in [4.69, 9.17) is 4.74 Å². The Hall–Kier alpha value is -0.0800. The Morgan fingerprint density at radius 3 is 2.45 bits per heavy atom. The topological polar surface area (TPSA) is 21.3 Å². The summed E-state index contributed by atoms with van der Waals surface area (Å²) in [5.41, 5.74) is 0.505. The normalized spacial score (nSPS) is 29.6. The van der Waals surface area contributed by atoms with E-state index >= 15 is 0 Å². The largest absolute Gasteiger partial charge is 0.375 e. The molecule has 2 rings (SSSR count). The molecule has 2 heteroatoms. The van der Waals surface area contributed by atoms with E-state index < -0.39 is 0 Å². The minimum Gasteiger partial charge on any atom is -0.375 e. The highest BCUT2D eigenvalue weighted by Crippen LogP contribution is 2.44. The standard InChI is InChI=1S/C18H35NO/c1-14(13-19-17(3,4)5)15(2)16-8-11-20-18(12-16)9-6-7-10-18/h14-16,19H,6-13H2,1-5H3. The third kappa shape index (κ3) is 4.21. The summed E-state index contributed by atoms with van der Waals surface area (Å²) >= 11 is 0. The average Bonchev–Trinajstić information content (AvgIpc) is 2.82. The fraction of sp³-hybridized carbons (Fsp3) is 1.00. The summed E-state index contributed by atoms with van der Waals surface area (Å²) in [7, 11) is 0. The smallest absolute Gasteiger partial charge is 0.0685 e. The third-order valence-corrected chi connectivity index (χ3v) is 5.64. The first-order valence-corrected chi connectivity index (χ1v) is 8.70. The van der Waals surface area contributed by atoms with Crippen LogP contribution in [0.3, 0.4) is 0 Å². The molecular formula is C18H35NO. The molecule has 118 valence electrons. The predicted octanol–water partition coefficient (Wildman–Crippen LogP) is 4.39. The first-order valence-electron chi connectivity index (χ1n) is 8.70. The van der Waals surface area contributed by atoms with E-state index in [9.17, 15) is 0 Å². The average molecular weight is 281 g/mol. The van der Waals surface area contributed by atoms with Gasteiger partial charge in [0, 0.05) is 12.1 Å². The van der Waals surface area contributed by atoms with Crippen LogP contribution in [0.1, 0.15) is 73.1 Å². The Labute approximate surface area is 126 Å². The highest BCUT2D eigenvalue weighted by molar-refractivity contribution is 4.93. The molecule has 0 aromatic carbocycles. The lowest BCUT2D eigenvalue weighted by atomic mass is 9.74. The van der Waals surface area contributed by atoms with E-state index in [-0.39, 0.29) is 11.1 Å². The molecule has 1 aliphatic heterocycles. The van der Waals surface area contributed by atoms with E-state index in [0.29, 0.717) is 0 Å². The van der Waals surface area contributed by atoms with Crippen molar-refractivity contribution in [1.29, 1.82) is 0 Å². The van der Waals surface area contributed by atoms with Crippen LogP contribution in [0.4, 0.5) is 0 Å². The maximum atomic E-state index is 6.19. The summed E-state index contributed by atoms with van der Waals surface area (Å²) in [6.07, 6.45) is 7.96. The number of rotatable bonds is 4. The first-order chi connectivity index (χ1) is 9.31. The second-order valence-corrected chi connectivity index (χ2v) is 8.46. The molecule has 0 aromatic heterocycles. The van der Waals surface area contributed by atoms with E-state index in [1.165, 1.54) is 38.5 Å². The van der Waals surface area contributed by atoms with Gasteiger partial charge >= 0.3 is 0 Å². The highest BCUT2D eigenvalue weighted by Gasteiger charge is 2.41. The number of nitrogens with one attached hydrogen (secondary N) is 1. The Kier molecular flexibility index (Phi) is 5.18. The molecular weight excluding hydrogens is 246 g/mol. The fourth-order valence-electron chi connectivity index (χ4n) is 4.00. The summed E-state index contributed by atoms with van der Waals surface area (Å²) < 4.78 is 6.19. The van der Waals surface area contributed by atoms with Crippen molar-refractivity contribution in [3.05, 3.63) is 0 Å². The van der Waals surface area contributed by atoms with Gasteiger partial charge in [0.25, 0.3) is 0 Å². The molecule has 1 saturated heterocycles. The summed E-state index contributed by atoms with van der Waals surface area (Å²) in [6, 6.07) is 0. The molecule has 1 spiro atoms. The molecule has 3 atom stereocenters. The molecule has 2 nitrogen and oxygen atoms in total. The summed E-state index contributed by atoms with van der Waals surface area (Å²) in [5, 5.41) is 3.67. The van der Waals surface area contributed by atoms with Crippen molar-refractivity contribution in [2.24, 2.45) is 17.8 Å². The van der Waals surface area contributed by atoms with Gasteiger partial charge in [-0.25, -0.2) is 0 Å². The molecule has 0 amide bonds. The highest BCUT2D eigenvalue weighted by atomic mass is 16.5. The van der Waals surface area contributed by atoms with Gasteiger partial charge in [-0.3, -0.25) is 0 Å². The van der Waals surface area contributed by atoms with Gasteiger partial charge in [0.2, 0.25) is 0 Å². The molecule has 3 unspecified atom stereocenters. The molecule has 1 heterocycles. The van der Waals surface area contributed by atoms with Crippen LogP contribution < -0.4 is 5.32 Å². The zero-order chi connectivity index (χ0) is 14.8. The fourth-order valence-corrected chi connectivity index (χ4v) is 4.00. The van der Waals surface area contributed by atoms with Crippen LogP contribution >= 0.6 is 0 Å². The van der Waals surface area contributed by atoms with Crippen LogP contribution in [-0.4, -0.2) is 24.3 Å². The predicted molar refractivity (Wildman–Crippen MR) is 86.0 cm³/mol. The number of hydrogen-bond donors (Lipinski definition) is 1. The van der Waals surface area contributed by atoms with Crippen molar-refractivity contribution in [1.82, 2.24) is 5.32 Å². The molecule has 0 bridgehead atoms. The Bertz CT molecular complexity index is 301. The van der Waals surface area contributed by atoms with Gasteiger partial charge in [-0.15, -0.1) is 0 Å². The summed E-state index contributed by atoms with van der Waals surface area (Å²) in [6.45, 7) is 13.8. The van der Waals surface area contributed by atoms with Crippen LogP contribution in [0, 0.1) is 17.8 Å². The Morgan fingerprint density at radius 1 is 1.20 bits per heavy atom. The van der Waals surface area contributed by atoms with Crippen LogP contribution in [0.15, 0.2) is 0 Å². The summed E-state index contributed by atoms with van der Waals surface area (Å²) in [4.78, 5) is 0. The minimum atomic E-state index is 0.232. The van der Waals surface area contributed by atoms with E-state index in [1.54, 1.807) is 0 Å². The van der Waals surface area contributed by atoms with Gasteiger partial charge < -0.3 is 10.1 Å². The lowest BCUT2D eigenvalue weighted by molar-refractivity contribution is -0.104. The van der Waals surface area contributed by atoms with Crippen LogP contribution in [-0.2, 0) is 4.74 Å². The second-order valence-electron chi connectivity index (χ2n) is 8.46. The van der Waals surface area contributed by atoms with Gasteiger partial charge in [0.15, 0.2) is 0 Å². The monoisotopic (exact) mass is 281 g/mol. The molecule has 0 radical (unpaired) electrons. The van der Waals surface area contributed by atoms with E-state index in [0.717, 1.165) is 30.9 Å². The Morgan fingerprint density at radius 2 is 1.85 bits per heavy atom. The third-order valence-electron chi connectivity index (χ3n) is 5.64. The van der Waals surface area contributed by atoms with Crippen LogP contribution in [0.25, 0.3) is 0 Å². The molecule has 20 heavy (non-hydrogen) atoms. The van der Waals surface area contributed by atoms with Gasteiger partial charge in [-0.2, -0.15) is 0 Å². The van der Waals surface area contributed by atoms with Crippen molar-refractivity contribution in [3.63, 3.8) is 0 Å². The van der Waals surface area contributed by atoms with Gasteiger partial charge in [-0.1, -0.05) is 26.7 Å². The van der Waals surface area contributed by atoms with Crippen molar-refractivity contribution in [2.45, 2.75) is 84.3 Å². The van der Waals surface area contributed by atoms with Gasteiger partial charge in [0.05, 0.1) is 5.60 Å². The lowest BCUT2D eigenvalue weighted by Crippen LogP contribution is -2.43. The zero-order valence-corrected chi connectivity index (χ0v) is 14.3. The maximum Gasteiger partial charge on any atom is 0.0685 e. The first kappa shape index (κ1) is 16.3. The SMILES string of the molecule is CC(CNC(C)(C)C)C(C)C1CCOC2(CCCC2)C1. The minimum absolute atomic E-state index is 0.232. The van der Waals surface area contributed by atoms with E-state index in [1.807, 2.05) is 0 Å². The summed E-state index contributed by atoms with van der Waals surface area (Å²) in [5.74, 6) is 2.40. The molecule has 1 aliphatic carbocycles. The van der Waals surface area contributed by atoms with Crippen molar-refractivity contribution in [2.75, 3.05) is 13.2 Å². The molecule has 1 N–H and O–H groups in total.